The van der Waals surface area contributed by atoms with Gasteiger partial charge in [0.25, 0.3) is 11.8 Å². The second kappa shape index (κ2) is 12.1. The van der Waals surface area contributed by atoms with Crippen molar-refractivity contribution in [3.8, 4) is 5.75 Å². The first kappa shape index (κ1) is 27.6. The van der Waals surface area contributed by atoms with E-state index in [1.807, 2.05) is 30.3 Å². The molecule has 1 aliphatic rings. The fourth-order valence-electron chi connectivity index (χ4n) is 3.93. The summed E-state index contributed by atoms with van der Waals surface area (Å²) in [6.07, 6.45) is 0. The highest BCUT2D eigenvalue weighted by atomic mass is 35.5. The standard InChI is InChI=1S/C31H20Cl2N2O6/c32-24-8-4-5-9-25(24)35-28(36)26(33)27(29(35)37)34-22-14-10-21(11-15-22)31(39)41-23-16-12-20(13-17-23)30(38)40-18-19-6-2-1-3-7-19/h1-17,34H,18H2. The van der Waals surface area contributed by atoms with Gasteiger partial charge < -0.3 is 14.8 Å². The van der Waals surface area contributed by atoms with Gasteiger partial charge in [0, 0.05) is 5.69 Å². The number of benzene rings is 4. The summed E-state index contributed by atoms with van der Waals surface area (Å²) in [5.41, 5.74) is 1.93. The van der Waals surface area contributed by atoms with E-state index in [4.69, 9.17) is 32.7 Å². The topological polar surface area (TPSA) is 102 Å². The molecule has 0 atom stereocenters. The fourth-order valence-corrected chi connectivity index (χ4v) is 4.36. The number of hydrogen-bond donors (Lipinski definition) is 1. The lowest BCUT2D eigenvalue weighted by Crippen LogP contribution is -2.32. The first-order valence-corrected chi connectivity index (χ1v) is 13.0. The normalized spacial score (nSPS) is 12.9. The zero-order valence-electron chi connectivity index (χ0n) is 21.2. The number of esters is 2. The number of carbonyl (C=O) groups excluding carboxylic acids is 4. The van der Waals surface area contributed by atoms with E-state index in [2.05, 4.69) is 5.32 Å². The molecular formula is C31H20Cl2N2O6. The second-order valence-electron chi connectivity index (χ2n) is 8.76. The highest BCUT2D eigenvalue weighted by molar-refractivity contribution is 6.53. The van der Waals surface area contributed by atoms with Crippen LogP contribution < -0.4 is 15.0 Å². The molecule has 1 heterocycles. The van der Waals surface area contributed by atoms with Crippen LogP contribution in [0.3, 0.4) is 0 Å². The Hall–Kier alpha value is -4.92. The van der Waals surface area contributed by atoms with Gasteiger partial charge in [-0.2, -0.15) is 0 Å². The van der Waals surface area contributed by atoms with Crippen LogP contribution in [0.25, 0.3) is 0 Å². The van der Waals surface area contributed by atoms with Gasteiger partial charge in [0.15, 0.2) is 0 Å². The first-order chi connectivity index (χ1) is 19.8. The molecule has 1 N–H and O–H groups in total. The molecule has 0 saturated heterocycles. The zero-order valence-corrected chi connectivity index (χ0v) is 22.7. The van der Waals surface area contributed by atoms with E-state index in [1.54, 1.807) is 18.2 Å². The van der Waals surface area contributed by atoms with Crippen LogP contribution in [0.1, 0.15) is 26.3 Å². The van der Waals surface area contributed by atoms with Crippen molar-refractivity contribution in [1.82, 2.24) is 0 Å². The van der Waals surface area contributed by atoms with Crippen LogP contribution in [0.5, 0.6) is 5.75 Å². The predicted molar refractivity (Wildman–Crippen MR) is 154 cm³/mol. The summed E-state index contributed by atoms with van der Waals surface area (Å²) in [5.74, 6) is -2.26. The number of imide groups is 1. The third-order valence-corrected chi connectivity index (χ3v) is 6.69. The van der Waals surface area contributed by atoms with Gasteiger partial charge in [-0.05, 0) is 66.2 Å². The van der Waals surface area contributed by atoms with Crippen molar-refractivity contribution in [2.75, 3.05) is 10.2 Å². The van der Waals surface area contributed by atoms with Crippen molar-refractivity contribution in [3.05, 3.63) is 136 Å². The van der Waals surface area contributed by atoms with Gasteiger partial charge in [0.2, 0.25) is 0 Å². The van der Waals surface area contributed by atoms with Crippen molar-refractivity contribution in [1.29, 1.82) is 0 Å². The summed E-state index contributed by atoms with van der Waals surface area (Å²) in [7, 11) is 0. The van der Waals surface area contributed by atoms with Crippen LogP contribution in [0.15, 0.2) is 114 Å². The molecule has 204 valence electrons. The molecule has 0 spiro atoms. The molecule has 8 nitrogen and oxygen atoms in total. The zero-order chi connectivity index (χ0) is 28.9. The van der Waals surface area contributed by atoms with Gasteiger partial charge in [-0.3, -0.25) is 9.59 Å². The number of amides is 2. The maximum atomic E-state index is 13.0. The summed E-state index contributed by atoms with van der Waals surface area (Å²) in [5, 5.41) is 2.78. The molecule has 0 fully saturated rings. The van der Waals surface area contributed by atoms with E-state index >= 15 is 0 Å². The number of nitrogens with one attached hydrogen (secondary N) is 1. The molecule has 5 rings (SSSR count). The smallest absolute Gasteiger partial charge is 0.343 e. The number of anilines is 2. The van der Waals surface area contributed by atoms with Crippen molar-refractivity contribution >= 4 is 58.3 Å². The van der Waals surface area contributed by atoms with Gasteiger partial charge in [0.1, 0.15) is 23.1 Å². The molecular weight excluding hydrogens is 567 g/mol. The Morgan fingerprint density at radius 2 is 1.32 bits per heavy atom. The summed E-state index contributed by atoms with van der Waals surface area (Å²) in [6, 6.07) is 27.8. The number of rotatable bonds is 8. The van der Waals surface area contributed by atoms with Gasteiger partial charge in [0.05, 0.1) is 21.8 Å². The van der Waals surface area contributed by atoms with Crippen LogP contribution in [-0.4, -0.2) is 23.8 Å². The van der Waals surface area contributed by atoms with E-state index < -0.39 is 23.8 Å². The minimum Gasteiger partial charge on any atom is -0.457 e. The van der Waals surface area contributed by atoms with Crippen LogP contribution in [0, 0.1) is 0 Å². The fraction of sp³-hybridized carbons (Fsp3) is 0.0323. The summed E-state index contributed by atoms with van der Waals surface area (Å²) in [6.45, 7) is 0.148. The minimum absolute atomic E-state index is 0.116. The van der Waals surface area contributed by atoms with Crippen LogP contribution in [0.2, 0.25) is 5.02 Å². The molecule has 0 saturated carbocycles. The molecule has 0 radical (unpaired) electrons. The lowest BCUT2D eigenvalue weighted by molar-refractivity contribution is -0.120. The highest BCUT2D eigenvalue weighted by Gasteiger charge is 2.39. The van der Waals surface area contributed by atoms with Crippen molar-refractivity contribution < 1.29 is 28.7 Å². The third kappa shape index (κ3) is 6.14. The Balaban J connectivity index is 1.19. The minimum atomic E-state index is -0.706. The summed E-state index contributed by atoms with van der Waals surface area (Å²) < 4.78 is 10.7. The molecule has 0 aromatic heterocycles. The molecule has 0 unspecified atom stereocenters. The van der Waals surface area contributed by atoms with E-state index in [9.17, 15) is 19.2 Å². The number of halogens is 2. The number of ether oxygens (including phenoxy) is 2. The molecule has 10 heteroatoms. The molecule has 1 aliphatic heterocycles. The van der Waals surface area contributed by atoms with E-state index in [0.29, 0.717) is 11.3 Å². The third-order valence-electron chi connectivity index (χ3n) is 6.02. The SMILES string of the molecule is O=C(OCc1ccccc1)c1ccc(OC(=O)c2ccc(NC3=C(Cl)C(=O)N(c4ccccc4Cl)C3=O)cc2)cc1. The second-order valence-corrected chi connectivity index (χ2v) is 9.55. The number of carbonyl (C=O) groups is 4. The average Bonchev–Trinajstić information content (AvgIpc) is 3.20. The summed E-state index contributed by atoms with van der Waals surface area (Å²) >= 11 is 12.3. The Morgan fingerprint density at radius 3 is 2.00 bits per heavy atom. The van der Waals surface area contributed by atoms with E-state index in [1.165, 1.54) is 54.6 Å². The largest absolute Gasteiger partial charge is 0.457 e. The highest BCUT2D eigenvalue weighted by Crippen LogP contribution is 2.34. The Kier molecular flexibility index (Phi) is 8.14. The maximum absolute atomic E-state index is 13.0. The molecule has 4 aromatic rings. The molecule has 41 heavy (non-hydrogen) atoms. The molecule has 2 amide bonds. The Bertz CT molecular complexity index is 1670. The maximum Gasteiger partial charge on any atom is 0.343 e. The van der Waals surface area contributed by atoms with Crippen LogP contribution in [0.4, 0.5) is 11.4 Å². The van der Waals surface area contributed by atoms with E-state index in [-0.39, 0.29) is 39.4 Å². The van der Waals surface area contributed by atoms with Crippen molar-refractivity contribution in [2.45, 2.75) is 6.61 Å². The number of nitrogens with zero attached hydrogens (tertiary/aromatic N) is 1. The average molecular weight is 587 g/mol. The van der Waals surface area contributed by atoms with Crippen molar-refractivity contribution in [3.63, 3.8) is 0 Å². The molecule has 0 bridgehead atoms. The molecule has 0 aliphatic carbocycles. The predicted octanol–water partition coefficient (Wildman–Crippen LogP) is 6.35. The summed E-state index contributed by atoms with van der Waals surface area (Å²) in [4.78, 5) is 51.5. The van der Waals surface area contributed by atoms with Crippen LogP contribution >= 0.6 is 23.2 Å². The van der Waals surface area contributed by atoms with Gasteiger partial charge in [-0.15, -0.1) is 0 Å². The Labute approximate surface area is 244 Å². The molecule has 4 aromatic carbocycles. The van der Waals surface area contributed by atoms with E-state index in [0.717, 1.165) is 10.5 Å². The first-order valence-electron chi connectivity index (χ1n) is 12.3. The lowest BCUT2D eigenvalue weighted by Gasteiger charge is -2.16. The monoisotopic (exact) mass is 586 g/mol. The van der Waals surface area contributed by atoms with Crippen molar-refractivity contribution in [2.24, 2.45) is 0 Å². The quantitative estimate of drug-likeness (QED) is 0.146. The van der Waals surface area contributed by atoms with Gasteiger partial charge in [-0.1, -0.05) is 65.7 Å². The number of hydrogen-bond acceptors (Lipinski definition) is 7. The van der Waals surface area contributed by atoms with Gasteiger partial charge in [-0.25, -0.2) is 14.5 Å². The van der Waals surface area contributed by atoms with Crippen LogP contribution in [-0.2, 0) is 20.9 Å². The van der Waals surface area contributed by atoms with Gasteiger partial charge >= 0.3 is 11.9 Å². The lowest BCUT2D eigenvalue weighted by atomic mass is 10.2. The number of para-hydroxylation sites is 1. The Morgan fingerprint density at radius 1 is 0.707 bits per heavy atom.